The number of methoxy groups -OCH3 is 1. The van der Waals surface area contributed by atoms with Gasteiger partial charge < -0.3 is 15.4 Å². The van der Waals surface area contributed by atoms with Gasteiger partial charge in [-0.25, -0.2) is 8.42 Å². The van der Waals surface area contributed by atoms with Crippen molar-refractivity contribution >= 4 is 44.5 Å². The van der Waals surface area contributed by atoms with E-state index < -0.39 is 10.0 Å². The standard InChI is InChI=1S/C16H19N3O5S2/c1-10(20)17-9-13-5-7-16(25-13)26(22,23)19-14-8-12(18-11(2)21)4-6-15(14)24-3/h4-8,19H,9H2,1-3H3,(H,17,20)(H,18,21). The van der Waals surface area contributed by atoms with E-state index in [1.807, 2.05) is 0 Å². The zero-order valence-corrected chi connectivity index (χ0v) is 16.1. The van der Waals surface area contributed by atoms with E-state index in [0.29, 0.717) is 16.3 Å². The Morgan fingerprint density at radius 3 is 2.46 bits per heavy atom. The van der Waals surface area contributed by atoms with Crippen molar-refractivity contribution in [1.29, 1.82) is 0 Å². The number of ether oxygens (including phenoxy) is 1. The minimum Gasteiger partial charge on any atom is -0.495 e. The molecule has 0 unspecified atom stereocenters. The molecule has 3 N–H and O–H groups in total. The number of thiophene rings is 1. The van der Waals surface area contributed by atoms with Gasteiger partial charge in [0.05, 0.1) is 19.3 Å². The number of carbonyl (C=O) groups excluding carboxylic acids is 2. The average molecular weight is 397 g/mol. The number of carbonyl (C=O) groups is 2. The van der Waals surface area contributed by atoms with Gasteiger partial charge in [0.2, 0.25) is 11.8 Å². The topological polar surface area (TPSA) is 114 Å². The van der Waals surface area contributed by atoms with Crippen LogP contribution >= 0.6 is 11.3 Å². The molecule has 0 radical (unpaired) electrons. The van der Waals surface area contributed by atoms with Gasteiger partial charge in [-0.3, -0.25) is 14.3 Å². The Hall–Kier alpha value is -2.59. The Bertz CT molecular complexity index is 922. The highest BCUT2D eigenvalue weighted by molar-refractivity contribution is 7.94. The minimum absolute atomic E-state index is 0.102. The van der Waals surface area contributed by atoms with Gasteiger partial charge in [-0.15, -0.1) is 11.3 Å². The molecule has 0 saturated heterocycles. The highest BCUT2D eigenvalue weighted by atomic mass is 32.2. The monoisotopic (exact) mass is 397 g/mol. The summed E-state index contributed by atoms with van der Waals surface area (Å²) < 4.78 is 33.0. The van der Waals surface area contributed by atoms with Gasteiger partial charge in [0.15, 0.2) is 0 Å². The fourth-order valence-corrected chi connectivity index (χ4v) is 4.43. The second-order valence-electron chi connectivity index (χ2n) is 5.33. The number of benzene rings is 1. The maximum Gasteiger partial charge on any atom is 0.271 e. The van der Waals surface area contributed by atoms with Crippen LogP contribution in [0, 0.1) is 0 Å². The van der Waals surface area contributed by atoms with Gasteiger partial charge in [-0.1, -0.05) is 0 Å². The van der Waals surface area contributed by atoms with Crippen molar-refractivity contribution in [2.75, 3.05) is 17.1 Å². The molecule has 0 spiro atoms. The predicted molar refractivity (Wildman–Crippen MR) is 99.9 cm³/mol. The zero-order chi connectivity index (χ0) is 19.3. The molecule has 0 saturated carbocycles. The number of rotatable bonds is 7. The predicted octanol–water partition coefficient (Wildman–Crippen LogP) is 2.15. The molecule has 10 heteroatoms. The second-order valence-corrected chi connectivity index (χ2v) is 8.41. The number of sulfonamides is 1. The molecule has 2 aromatic rings. The first-order chi connectivity index (χ1) is 12.2. The van der Waals surface area contributed by atoms with Gasteiger partial charge in [-0.05, 0) is 30.3 Å². The van der Waals surface area contributed by atoms with E-state index in [-0.39, 0.29) is 28.3 Å². The van der Waals surface area contributed by atoms with Crippen LogP contribution in [0.4, 0.5) is 11.4 Å². The fourth-order valence-electron chi connectivity index (χ4n) is 2.07. The molecule has 2 rings (SSSR count). The molecule has 0 fully saturated rings. The molecule has 1 aromatic carbocycles. The van der Waals surface area contributed by atoms with E-state index in [1.165, 1.54) is 33.1 Å². The summed E-state index contributed by atoms with van der Waals surface area (Å²) in [6.07, 6.45) is 0. The van der Waals surface area contributed by atoms with Crippen molar-refractivity contribution in [2.45, 2.75) is 24.6 Å². The van der Waals surface area contributed by atoms with Crippen LogP contribution < -0.4 is 20.1 Å². The van der Waals surface area contributed by atoms with Crippen LogP contribution in [0.1, 0.15) is 18.7 Å². The van der Waals surface area contributed by atoms with Crippen LogP contribution in [0.15, 0.2) is 34.5 Å². The Morgan fingerprint density at radius 1 is 1.12 bits per heavy atom. The normalized spacial score (nSPS) is 10.9. The lowest BCUT2D eigenvalue weighted by molar-refractivity contribution is -0.119. The molecular weight excluding hydrogens is 378 g/mol. The zero-order valence-electron chi connectivity index (χ0n) is 14.5. The largest absolute Gasteiger partial charge is 0.495 e. The first-order valence-electron chi connectivity index (χ1n) is 7.53. The maximum atomic E-state index is 12.6. The lowest BCUT2D eigenvalue weighted by Gasteiger charge is -2.13. The lowest BCUT2D eigenvalue weighted by atomic mass is 10.2. The molecule has 26 heavy (non-hydrogen) atoms. The summed E-state index contributed by atoms with van der Waals surface area (Å²) in [4.78, 5) is 22.9. The van der Waals surface area contributed by atoms with Gasteiger partial charge in [-0.2, -0.15) is 0 Å². The summed E-state index contributed by atoms with van der Waals surface area (Å²) in [5.74, 6) is -0.150. The van der Waals surface area contributed by atoms with Gasteiger partial charge >= 0.3 is 0 Å². The summed E-state index contributed by atoms with van der Waals surface area (Å²) in [6, 6.07) is 7.74. The number of nitrogens with one attached hydrogen (secondary N) is 3. The van der Waals surface area contributed by atoms with Gasteiger partial charge in [0.1, 0.15) is 9.96 Å². The Morgan fingerprint density at radius 2 is 1.85 bits per heavy atom. The van der Waals surface area contributed by atoms with E-state index in [2.05, 4.69) is 15.4 Å². The number of anilines is 2. The Labute approximate surface area is 155 Å². The van der Waals surface area contributed by atoms with Crippen LogP contribution in [0.25, 0.3) is 0 Å². The van der Waals surface area contributed by atoms with Crippen LogP contribution in [-0.2, 0) is 26.2 Å². The number of amides is 2. The van der Waals surface area contributed by atoms with Crippen LogP contribution in [0.3, 0.4) is 0 Å². The third kappa shape index (κ3) is 5.20. The minimum atomic E-state index is -3.85. The molecule has 8 nitrogen and oxygen atoms in total. The number of hydrogen-bond donors (Lipinski definition) is 3. The molecule has 140 valence electrons. The first kappa shape index (κ1) is 19.7. The number of hydrogen-bond acceptors (Lipinski definition) is 6. The lowest BCUT2D eigenvalue weighted by Crippen LogP contribution is -2.18. The Balaban J connectivity index is 2.25. The highest BCUT2D eigenvalue weighted by Crippen LogP contribution is 2.31. The van der Waals surface area contributed by atoms with Crippen molar-refractivity contribution in [3.05, 3.63) is 35.2 Å². The molecule has 0 atom stereocenters. The quantitative estimate of drug-likeness (QED) is 0.662. The Kier molecular flexibility index (Phi) is 6.22. The second kappa shape index (κ2) is 8.19. The smallest absolute Gasteiger partial charge is 0.271 e. The van der Waals surface area contributed by atoms with Crippen LogP contribution in [0.5, 0.6) is 5.75 Å². The van der Waals surface area contributed by atoms with Crippen molar-refractivity contribution in [1.82, 2.24) is 5.32 Å². The van der Waals surface area contributed by atoms with E-state index in [1.54, 1.807) is 18.2 Å². The summed E-state index contributed by atoms with van der Waals surface area (Å²) in [5.41, 5.74) is 0.643. The van der Waals surface area contributed by atoms with Crippen LogP contribution in [0.2, 0.25) is 0 Å². The third-order valence-electron chi connectivity index (χ3n) is 3.18. The summed E-state index contributed by atoms with van der Waals surface area (Å²) in [7, 11) is -2.43. The molecule has 1 heterocycles. The molecule has 0 bridgehead atoms. The fraction of sp³-hybridized carbons (Fsp3) is 0.250. The SMILES string of the molecule is COc1ccc(NC(C)=O)cc1NS(=O)(=O)c1ccc(CNC(C)=O)s1. The van der Waals surface area contributed by atoms with Crippen LogP contribution in [-0.4, -0.2) is 27.3 Å². The van der Waals surface area contributed by atoms with Crippen molar-refractivity contribution in [2.24, 2.45) is 0 Å². The molecule has 0 aliphatic rings. The molecule has 0 aliphatic heterocycles. The molecular formula is C16H19N3O5S2. The van der Waals surface area contributed by atoms with E-state index in [4.69, 9.17) is 4.74 Å². The first-order valence-corrected chi connectivity index (χ1v) is 9.83. The average Bonchev–Trinajstić information content (AvgIpc) is 3.02. The van der Waals surface area contributed by atoms with E-state index in [0.717, 1.165) is 11.3 Å². The molecule has 0 aliphatic carbocycles. The molecule has 2 amide bonds. The van der Waals surface area contributed by atoms with Crippen molar-refractivity contribution < 1.29 is 22.7 Å². The summed E-state index contributed by atoms with van der Waals surface area (Å²) in [5, 5.41) is 5.20. The molecule has 1 aromatic heterocycles. The van der Waals surface area contributed by atoms with Gasteiger partial charge in [0.25, 0.3) is 10.0 Å². The highest BCUT2D eigenvalue weighted by Gasteiger charge is 2.19. The maximum absolute atomic E-state index is 12.6. The van der Waals surface area contributed by atoms with Gasteiger partial charge in [0, 0.05) is 24.4 Å². The summed E-state index contributed by atoms with van der Waals surface area (Å²) in [6.45, 7) is 3.01. The van der Waals surface area contributed by atoms with E-state index >= 15 is 0 Å². The van der Waals surface area contributed by atoms with Crippen molar-refractivity contribution in [3.8, 4) is 5.75 Å². The van der Waals surface area contributed by atoms with Crippen molar-refractivity contribution in [3.63, 3.8) is 0 Å². The third-order valence-corrected chi connectivity index (χ3v) is 6.12. The van der Waals surface area contributed by atoms with E-state index in [9.17, 15) is 18.0 Å². The summed E-state index contributed by atoms with van der Waals surface area (Å²) >= 11 is 1.05.